The topological polar surface area (TPSA) is 72.9 Å². The fourth-order valence-corrected chi connectivity index (χ4v) is 3.38. The summed E-state index contributed by atoms with van der Waals surface area (Å²) in [4.78, 5) is 39.4. The second-order valence-corrected chi connectivity index (χ2v) is 6.48. The van der Waals surface area contributed by atoms with Gasteiger partial charge >= 0.3 is 0 Å². The first-order chi connectivity index (χ1) is 13.5. The van der Waals surface area contributed by atoms with Crippen molar-refractivity contribution in [3.05, 3.63) is 59.2 Å². The Hall–Kier alpha value is -3.15. The Morgan fingerprint density at radius 3 is 2.18 bits per heavy atom. The first-order valence-electron chi connectivity index (χ1n) is 9.31. The lowest BCUT2D eigenvalue weighted by Crippen LogP contribution is -2.35. The second-order valence-electron chi connectivity index (χ2n) is 6.48. The number of carbonyl (C=O) groups is 3. The molecule has 1 unspecified atom stereocenters. The molecule has 2 aromatic rings. The van der Waals surface area contributed by atoms with Crippen LogP contribution >= 0.6 is 0 Å². The minimum atomic E-state index is -0.704. The summed E-state index contributed by atoms with van der Waals surface area (Å²) in [5, 5.41) is 0. The first-order valence-corrected chi connectivity index (χ1v) is 9.31. The molecule has 0 spiro atoms. The number of methoxy groups -OCH3 is 1. The molecule has 1 atom stereocenters. The summed E-state index contributed by atoms with van der Waals surface area (Å²) in [6, 6.07) is 11.2. The van der Waals surface area contributed by atoms with Crippen LogP contribution in [-0.4, -0.2) is 36.2 Å². The van der Waals surface area contributed by atoms with Crippen LogP contribution in [0, 0.1) is 0 Å². The number of amides is 2. The second kappa shape index (κ2) is 8.25. The number of carbonyl (C=O) groups excluding carboxylic acids is 3. The quantitative estimate of drug-likeness (QED) is 0.650. The minimum absolute atomic E-state index is 0.0321. The van der Waals surface area contributed by atoms with Crippen molar-refractivity contribution in [3.8, 4) is 11.5 Å². The number of benzene rings is 2. The van der Waals surface area contributed by atoms with E-state index < -0.39 is 6.04 Å². The van der Waals surface area contributed by atoms with E-state index in [9.17, 15) is 14.4 Å². The number of hydrogen-bond donors (Lipinski definition) is 0. The Labute approximate surface area is 164 Å². The molecule has 2 amide bonds. The van der Waals surface area contributed by atoms with E-state index in [0.717, 1.165) is 0 Å². The van der Waals surface area contributed by atoms with Crippen LogP contribution in [0.1, 0.15) is 59.0 Å². The average Bonchev–Trinajstić information content (AvgIpc) is 2.97. The van der Waals surface area contributed by atoms with Gasteiger partial charge in [0, 0.05) is 12.8 Å². The highest BCUT2D eigenvalue weighted by atomic mass is 16.5. The number of ketones is 1. The predicted molar refractivity (Wildman–Crippen MR) is 104 cm³/mol. The molecule has 0 saturated carbocycles. The van der Waals surface area contributed by atoms with Gasteiger partial charge in [0.05, 0.1) is 30.9 Å². The molecule has 0 aromatic heterocycles. The van der Waals surface area contributed by atoms with Crippen LogP contribution < -0.4 is 9.47 Å². The van der Waals surface area contributed by atoms with Gasteiger partial charge in [-0.25, -0.2) is 0 Å². The maximum Gasteiger partial charge on any atom is 0.262 e. The largest absolute Gasteiger partial charge is 0.493 e. The van der Waals surface area contributed by atoms with Crippen LogP contribution in [0.3, 0.4) is 0 Å². The molecule has 0 N–H and O–H groups in total. The predicted octanol–water partition coefficient (Wildman–Crippen LogP) is 3.80. The molecule has 2 aromatic carbocycles. The third kappa shape index (κ3) is 3.50. The Bertz CT molecular complexity index is 886. The SMILES string of the molecule is CCOc1cc(C(CC(=O)CC)N2C(=O)c3ccccc3C2=O)ccc1OC. The van der Waals surface area contributed by atoms with E-state index in [-0.39, 0.29) is 24.0 Å². The smallest absolute Gasteiger partial charge is 0.262 e. The molecule has 0 bridgehead atoms. The molecular weight excluding hydrogens is 358 g/mol. The fourth-order valence-electron chi connectivity index (χ4n) is 3.38. The van der Waals surface area contributed by atoms with E-state index >= 15 is 0 Å². The molecule has 0 saturated heterocycles. The van der Waals surface area contributed by atoms with Gasteiger partial charge in [0.15, 0.2) is 11.5 Å². The van der Waals surface area contributed by atoms with E-state index in [2.05, 4.69) is 0 Å². The molecule has 6 heteroatoms. The van der Waals surface area contributed by atoms with Crippen molar-refractivity contribution >= 4 is 17.6 Å². The lowest BCUT2D eigenvalue weighted by molar-refractivity contribution is -0.119. The molecule has 1 heterocycles. The Balaban J connectivity index is 2.06. The van der Waals surface area contributed by atoms with E-state index in [1.807, 2.05) is 6.92 Å². The highest BCUT2D eigenvalue weighted by Gasteiger charge is 2.41. The number of fused-ring (bicyclic) bond motifs is 1. The van der Waals surface area contributed by atoms with Crippen molar-refractivity contribution in [1.82, 2.24) is 4.90 Å². The van der Waals surface area contributed by atoms with Crippen molar-refractivity contribution in [2.45, 2.75) is 32.7 Å². The van der Waals surface area contributed by atoms with Crippen molar-refractivity contribution in [2.24, 2.45) is 0 Å². The van der Waals surface area contributed by atoms with Gasteiger partial charge in [0.2, 0.25) is 0 Å². The van der Waals surface area contributed by atoms with Crippen molar-refractivity contribution in [3.63, 3.8) is 0 Å². The molecular formula is C22H23NO5. The van der Waals surface area contributed by atoms with Gasteiger partial charge < -0.3 is 9.47 Å². The number of nitrogens with zero attached hydrogens (tertiary/aromatic N) is 1. The lowest BCUT2D eigenvalue weighted by atomic mass is 9.98. The summed E-state index contributed by atoms with van der Waals surface area (Å²) < 4.78 is 10.9. The van der Waals surface area contributed by atoms with Crippen LogP contribution in [0.2, 0.25) is 0 Å². The number of ether oxygens (including phenoxy) is 2. The van der Waals surface area contributed by atoms with Crippen LogP contribution in [0.25, 0.3) is 0 Å². The van der Waals surface area contributed by atoms with E-state index in [4.69, 9.17) is 9.47 Å². The van der Waals surface area contributed by atoms with Crippen LogP contribution in [0.5, 0.6) is 11.5 Å². The minimum Gasteiger partial charge on any atom is -0.493 e. The standard InChI is InChI=1S/C22H23NO5/c1-4-15(24)13-18(14-10-11-19(27-3)20(12-14)28-5-2)23-21(25)16-8-6-7-9-17(16)22(23)26/h6-12,18H,4-5,13H2,1-3H3. The number of rotatable bonds is 8. The maximum absolute atomic E-state index is 13.0. The van der Waals surface area contributed by atoms with Crippen molar-refractivity contribution in [2.75, 3.05) is 13.7 Å². The fraction of sp³-hybridized carbons (Fsp3) is 0.318. The molecule has 1 aliphatic heterocycles. The monoisotopic (exact) mass is 381 g/mol. The molecule has 3 rings (SSSR count). The van der Waals surface area contributed by atoms with Crippen molar-refractivity contribution < 1.29 is 23.9 Å². The first kappa shape index (κ1) is 19.6. The van der Waals surface area contributed by atoms with Gasteiger partial charge in [-0.1, -0.05) is 25.1 Å². The van der Waals surface area contributed by atoms with Gasteiger partial charge in [-0.3, -0.25) is 19.3 Å². The molecule has 146 valence electrons. The van der Waals surface area contributed by atoms with E-state index in [1.54, 1.807) is 56.5 Å². The number of hydrogen-bond acceptors (Lipinski definition) is 5. The lowest BCUT2D eigenvalue weighted by Gasteiger charge is -2.27. The third-order valence-corrected chi connectivity index (χ3v) is 4.82. The highest BCUT2D eigenvalue weighted by molar-refractivity contribution is 6.21. The van der Waals surface area contributed by atoms with Crippen LogP contribution in [0.15, 0.2) is 42.5 Å². The summed E-state index contributed by atoms with van der Waals surface area (Å²) >= 11 is 0. The molecule has 28 heavy (non-hydrogen) atoms. The summed E-state index contributed by atoms with van der Waals surface area (Å²) in [6.45, 7) is 4.06. The third-order valence-electron chi connectivity index (χ3n) is 4.82. The molecule has 0 radical (unpaired) electrons. The number of imide groups is 1. The number of Topliss-reactive ketones (excluding diaryl/α,β-unsaturated/α-hetero) is 1. The van der Waals surface area contributed by atoms with Gasteiger partial charge in [-0.05, 0) is 36.8 Å². The molecule has 0 aliphatic carbocycles. The highest BCUT2D eigenvalue weighted by Crippen LogP contribution is 2.37. The van der Waals surface area contributed by atoms with Gasteiger partial charge in [0.25, 0.3) is 11.8 Å². The maximum atomic E-state index is 13.0. The van der Waals surface area contributed by atoms with E-state index in [0.29, 0.717) is 41.2 Å². The average molecular weight is 381 g/mol. The summed E-state index contributed by atoms with van der Waals surface area (Å²) in [5.74, 6) is 0.253. The van der Waals surface area contributed by atoms with Crippen LogP contribution in [0.4, 0.5) is 0 Å². The zero-order valence-electron chi connectivity index (χ0n) is 16.2. The zero-order chi connectivity index (χ0) is 20.3. The zero-order valence-corrected chi connectivity index (χ0v) is 16.2. The Morgan fingerprint density at radius 2 is 1.64 bits per heavy atom. The molecule has 0 fully saturated rings. The summed E-state index contributed by atoms with van der Waals surface area (Å²) in [6.07, 6.45) is 0.383. The van der Waals surface area contributed by atoms with Crippen LogP contribution in [-0.2, 0) is 4.79 Å². The Morgan fingerprint density at radius 1 is 1.00 bits per heavy atom. The van der Waals surface area contributed by atoms with E-state index in [1.165, 1.54) is 4.90 Å². The van der Waals surface area contributed by atoms with Crippen molar-refractivity contribution in [1.29, 1.82) is 0 Å². The van der Waals surface area contributed by atoms with Gasteiger partial charge in [0.1, 0.15) is 5.78 Å². The summed E-state index contributed by atoms with van der Waals surface area (Å²) in [5.41, 5.74) is 1.38. The normalized spacial score (nSPS) is 14.0. The molecule has 1 aliphatic rings. The summed E-state index contributed by atoms with van der Waals surface area (Å²) in [7, 11) is 1.54. The van der Waals surface area contributed by atoms with Gasteiger partial charge in [-0.15, -0.1) is 0 Å². The molecule has 6 nitrogen and oxygen atoms in total. The Kier molecular flexibility index (Phi) is 5.78. The van der Waals surface area contributed by atoms with Gasteiger partial charge in [-0.2, -0.15) is 0 Å².